The van der Waals surface area contributed by atoms with Crippen LogP contribution in [0.3, 0.4) is 0 Å². The molecular formula is C114H82BrLiN2O2. The number of carbonyl (C=O) groups is 1. The van der Waals surface area contributed by atoms with E-state index in [1.807, 2.05) is 72.8 Å². The first-order valence-corrected chi connectivity index (χ1v) is 41.6. The fraction of sp³-hybridized carbons (Fsp3) is 0.0526. The maximum Gasteiger partial charge on any atom is 1.00 e. The Bertz CT molecular complexity index is 6500. The maximum absolute atomic E-state index is 13.7. The molecule has 22 rings (SSSR count). The van der Waals surface area contributed by atoms with Crippen molar-refractivity contribution in [3.8, 4) is 112 Å². The first-order chi connectivity index (χ1) is 58.7. The van der Waals surface area contributed by atoms with Crippen LogP contribution in [0.2, 0.25) is 0 Å². The first kappa shape index (κ1) is 77.7. The molecule has 4 nitrogen and oxygen atoms in total. The van der Waals surface area contributed by atoms with Gasteiger partial charge in [-0.1, -0.05) is 436 Å². The van der Waals surface area contributed by atoms with Crippen LogP contribution in [0.5, 0.6) is 0 Å². The third-order valence-corrected chi connectivity index (χ3v) is 24.7. The predicted octanol–water partition coefficient (Wildman–Crippen LogP) is 25.4. The molecule has 2 heterocycles. The van der Waals surface area contributed by atoms with Gasteiger partial charge in [0.05, 0.1) is 33.6 Å². The zero-order valence-corrected chi connectivity index (χ0v) is 68.4. The fourth-order valence-corrected chi connectivity index (χ4v) is 19.1. The number of rotatable bonds is 10. The fourth-order valence-electron chi connectivity index (χ4n) is 18.6. The Morgan fingerprint density at radius 1 is 0.250 bits per heavy atom. The number of pyridine rings is 2. The van der Waals surface area contributed by atoms with Crippen LogP contribution in [0, 0.1) is 6.92 Å². The van der Waals surface area contributed by atoms with Crippen LogP contribution < -0.4 is 18.9 Å². The summed E-state index contributed by atoms with van der Waals surface area (Å²) in [5, 5.41) is 13.7. The molecule has 0 amide bonds. The van der Waals surface area contributed by atoms with E-state index < -0.39 is 16.4 Å². The van der Waals surface area contributed by atoms with E-state index in [1.165, 1.54) is 73.2 Å². The van der Waals surface area contributed by atoms with Crippen molar-refractivity contribution >= 4 is 21.7 Å². The molecule has 0 bridgehead atoms. The van der Waals surface area contributed by atoms with Crippen LogP contribution in [-0.4, -0.2) is 20.9 Å². The van der Waals surface area contributed by atoms with E-state index in [-0.39, 0.29) is 24.6 Å². The van der Waals surface area contributed by atoms with Gasteiger partial charge in [0.2, 0.25) is 0 Å². The van der Waals surface area contributed by atoms with Crippen molar-refractivity contribution < 1.29 is 28.8 Å². The molecule has 0 fully saturated rings. The largest absolute Gasteiger partial charge is 1.00 e. The predicted molar refractivity (Wildman–Crippen MR) is 493 cm³/mol. The standard InChI is InChI=1S/C55H37NO.C29H20BrN.C26H16O.C4H9.Li/c57-55(50-29-15-13-27-48(50)54(49-28-14-16-30-51(49)55)45-24-10-8-22-43(45)44-23-9-11-25-46(44)54)47-26-12-7-21-42(47)38-31-33-40(34-32-38)53-36-41(37-17-3-1-4-18-37)35-52(56-53)39-19-5-2-6-20-39;30-27-14-8-7-13-26(27)22-15-17-24(18-16-22)29-20-25(21-9-3-1-4-10-21)19-28(31-29)23-11-5-2-6-12-23;27-25-19-11-3-7-15-23(19)26(24-16-8-4-12-20(24)25)21-13-5-1-9-17(21)18-10-2-6-14-22(18)26;1-3-4-2;/h1-36,57H;1-20H;1-16H;1,3-4H2,2H3;/q;;;-1;+1. The minimum absolute atomic E-state index is 0. The number of ketones is 1. The minimum atomic E-state index is -1.43. The maximum atomic E-state index is 13.7. The third-order valence-electron chi connectivity index (χ3n) is 24.0. The summed E-state index contributed by atoms with van der Waals surface area (Å²) >= 11 is 3.65. The number of carbonyl (C=O) groups excluding carboxylic acids is 1. The summed E-state index contributed by atoms with van der Waals surface area (Å²) in [5.41, 5.74) is 33.3. The quantitative estimate of drug-likeness (QED) is 0.109. The summed E-state index contributed by atoms with van der Waals surface area (Å²) in [6.07, 6.45) is 2.28. The van der Waals surface area contributed by atoms with E-state index in [2.05, 4.69) is 394 Å². The van der Waals surface area contributed by atoms with Crippen LogP contribution in [0.15, 0.2) is 441 Å². The Labute approximate surface area is 723 Å². The second-order valence-corrected chi connectivity index (χ2v) is 31.5. The molecule has 0 aliphatic heterocycles. The van der Waals surface area contributed by atoms with Gasteiger partial charge < -0.3 is 12.0 Å². The van der Waals surface area contributed by atoms with Gasteiger partial charge in [0.25, 0.3) is 0 Å². The average molecular weight is 1600 g/mol. The molecule has 2 aromatic heterocycles. The van der Waals surface area contributed by atoms with E-state index in [0.29, 0.717) is 0 Å². The molecule has 568 valence electrons. The molecule has 16 aromatic carbocycles. The van der Waals surface area contributed by atoms with Crippen molar-refractivity contribution in [2.45, 2.75) is 36.2 Å². The Kier molecular flexibility index (Phi) is 21.7. The van der Waals surface area contributed by atoms with Crippen molar-refractivity contribution in [2.24, 2.45) is 0 Å². The smallest absolute Gasteiger partial charge is 0.376 e. The summed E-state index contributed by atoms with van der Waals surface area (Å²) in [7, 11) is 0. The summed E-state index contributed by atoms with van der Waals surface area (Å²) in [5.74, 6) is 0.119. The number of fused-ring (bicyclic) bond motifs is 18. The molecule has 0 unspecified atom stereocenters. The van der Waals surface area contributed by atoms with Crippen molar-refractivity contribution in [1.82, 2.24) is 9.97 Å². The van der Waals surface area contributed by atoms with Gasteiger partial charge in [-0.3, -0.25) is 4.79 Å². The summed E-state index contributed by atoms with van der Waals surface area (Å²) < 4.78 is 1.10. The molecule has 0 radical (unpaired) electrons. The monoisotopic (exact) mass is 1600 g/mol. The van der Waals surface area contributed by atoms with E-state index >= 15 is 0 Å². The third kappa shape index (κ3) is 13.6. The zero-order chi connectivity index (χ0) is 80.4. The van der Waals surface area contributed by atoms with Gasteiger partial charge in [-0.15, -0.1) is 0 Å². The van der Waals surface area contributed by atoms with Gasteiger partial charge in [-0.2, -0.15) is 6.42 Å². The first-order valence-electron chi connectivity index (χ1n) is 40.8. The van der Waals surface area contributed by atoms with E-state index in [0.717, 1.165) is 128 Å². The second-order valence-electron chi connectivity index (χ2n) is 30.7. The molecule has 0 saturated heterocycles. The zero-order valence-electron chi connectivity index (χ0n) is 66.8. The number of aliphatic hydroxyl groups is 1. The number of aromatic nitrogens is 2. The van der Waals surface area contributed by atoms with Crippen LogP contribution in [0.1, 0.15) is 96.9 Å². The van der Waals surface area contributed by atoms with Crippen molar-refractivity contribution in [2.75, 3.05) is 0 Å². The topological polar surface area (TPSA) is 63.1 Å². The van der Waals surface area contributed by atoms with E-state index in [4.69, 9.17) is 9.97 Å². The Morgan fingerprint density at radius 3 is 0.808 bits per heavy atom. The van der Waals surface area contributed by atoms with E-state index in [1.54, 1.807) is 0 Å². The molecule has 6 heteroatoms. The van der Waals surface area contributed by atoms with Gasteiger partial charge in [0.1, 0.15) is 5.60 Å². The Morgan fingerprint density at radius 2 is 0.475 bits per heavy atom. The van der Waals surface area contributed by atoms with Gasteiger partial charge in [-0.05, 0) is 153 Å². The molecule has 4 aliphatic carbocycles. The normalized spacial score (nSPS) is 13.1. The van der Waals surface area contributed by atoms with Crippen LogP contribution in [0.4, 0.5) is 0 Å². The molecule has 4 aliphatic rings. The molecule has 0 atom stereocenters. The average Bonchev–Trinajstić information content (AvgIpc) is 1.43. The molecule has 18 aromatic rings. The molecule has 1 N–H and O–H groups in total. The minimum Gasteiger partial charge on any atom is -0.376 e. The molecule has 0 saturated carbocycles. The van der Waals surface area contributed by atoms with Crippen LogP contribution in [-0.2, 0) is 16.4 Å². The number of hydrogen-bond donors (Lipinski definition) is 1. The molecule has 120 heavy (non-hydrogen) atoms. The van der Waals surface area contributed by atoms with Gasteiger partial charge in [0, 0.05) is 43.4 Å². The Balaban J connectivity index is 0.000000132. The summed E-state index contributed by atoms with van der Waals surface area (Å²) in [4.78, 5) is 23.5. The number of benzene rings is 16. The molecule has 2 spiro atoms. The van der Waals surface area contributed by atoms with E-state index in [9.17, 15) is 9.90 Å². The Hall–Kier alpha value is -13.5. The van der Waals surface area contributed by atoms with Crippen molar-refractivity contribution in [1.29, 1.82) is 0 Å². The SMILES string of the molecule is Brc1ccccc1-c1ccc(-c2cc(-c3ccccc3)cc(-c3ccccc3)n2)cc1.O=C1c2ccccc2C2(c3ccccc31)c1ccccc1-c1ccccc12.OC1(c2ccccc2-c2ccc(-c3cc(-c4ccccc4)cc(-c4ccccc4)n3)cc2)c2ccccc2C2(c3ccccc3-c3ccccc32)c2ccccc21.[CH2-]CCC.[Li+]. The molecular weight excluding hydrogens is 1520 g/mol. The van der Waals surface area contributed by atoms with Gasteiger partial charge in [-0.25, -0.2) is 9.97 Å². The summed E-state index contributed by atoms with van der Waals surface area (Å²) in [6.45, 7) is 5.72. The van der Waals surface area contributed by atoms with Crippen LogP contribution >= 0.6 is 15.9 Å². The van der Waals surface area contributed by atoms with Crippen molar-refractivity contribution in [3.05, 3.63) is 520 Å². The van der Waals surface area contributed by atoms with Crippen molar-refractivity contribution in [3.63, 3.8) is 0 Å². The summed E-state index contributed by atoms with van der Waals surface area (Å²) in [6, 6.07) is 152. The van der Waals surface area contributed by atoms with Gasteiger partial charge >= 0.3 is 18.9 Å². The number of hydrogen-bond acceptors (Lipinski definition) is 4. The number of nitrogens with zero attached hydrogens (tertiary/aromatic N) is 2. The number of halogens is 1. The second kappa shape index (κ2) is 33.5. The van der Waals surface area contributed by atoms with Gasteiger partial charge in [0.15, 0.2) is 5.78 Å². The van der Waals surface area contributed by atoms with Crippen LogP contribution in [0.25, 0.3) is 112 Å². The number of unbranched alkanes of at least 4 members (excludes halogenated alkanes) is 1.